The van der Waals surface area contributed by atoms with Crippen molar-refractivity contribution in [1.82, 2.24) is 24.8 Å². The van der Waals surface area contributed by atoms with Crippen molar-refractivity contribution in [2.45, 2.75) is 38.6 Å². The van der Waals surface area contributed by atoms with Gasteiger partial charge in [-0.3, -0.25) is 9.59 Å². The predicted octanol–water partition coefficient (Wildman–Crippen LogP) is 2.37. The monoisotopic (exact) mass is 462 g/mol. The molecule has 0 radical (unpaired) electrons. The minimum atomic E-state index is -1.33. The normalized spacial score (nSPS) is 18.3. The smallest absolute Gasteiger partial charge is 0.243 e. The maximum absolute atomic E-state index is 14.2. The first kappa shape index (κ1) is 21.9. The summed E-state index contributed by atoms with van der Waals surface area (Å²) in [5.74, 6) is -0.871. The van der Waals surface area contributed by atoms with E-state index in [0.717, 1.165) is 0 Å². The van der Waals surface area contributed by atoms with E-state index in [4.69, 9.17) is 17.3 Å². The fraction of sp³-hybridized carbons (Fsp3) is 0.333. The van der Waals surface area contributed by atoms with E-state index >= 15 is 0 Å². The van der Waals surface area contributed by atoms with Gasteiger partial charge in [0.2, 0.25) is 11.8 Å². The van der Waals surface area contributed by atoms with Gasteiger partial charge in [-0.2, -0.15) is 0 Å². The molecule has 1 aliphatic heterocycles. The van der Waals surface area contributed by atoms with E-state index < -0.39 is 29.8 Å². The van der Waals surface area contributed by atoms with Crippen LogP contribution in [0.4, 0.5) is 14.6 Å². The third kappa shape index (κ3) is 4.22. The summed E-state index contributed by atoms with van der Waals surface area (Å²) in [5, 5.41) is 3.12. The molecule has 8 nitrogen and oxygen atoms in total. The number of anilines is 1. The minimum Gasteiger partial charge on any atom is -0.383 e. The van der Waals surface area contributed by atoms with Crippen LogP contribution in [0, 0.1) is 12.7 Å². The molecule has 3 heterocycles. The maximum Gasteiger partial charge on any atom is 0.243 e. The van der Waals surface area contributed by atoms with Gasteiger partial charge in [-0.1, -0.05) is 23.7 Å². The zero-order chi connectivity index (χ0) is 23.0. The standard InChI is InChI=1S/C21H21ClF2N6O2/c1-11-27-19(25)14-5-6-29(20(14)28-11)10-17(31)30-9-13(23)7-16(30)21(32)26-8-12-3-2-4-15(22)18(12)24/h2-6,13,16H,7-10H2,1H3,(H,26,32)(H2,25,27,28)/t13-,16-/m1/s1. The number of amides is 2. The fourth-order valence-electron chi connectivity index (χ4n) is 3.86. The topological polar surface area (TPSA) is 106 Å². The molecule has 0 saturated carbocycles. The number of nitrogens with two attached hydrogens (primary N) is 1. The van der Waals surface area contributed by atoms with Gasteiger partial charge in [-0.25, -0.2) is 18.7 Å². The molecular weight excluding hydrogens is 442 g/mol. The van der Waals surface area contributed by atoms with E-state index in [0.29, 0.717) is 22.7 Å². The molecule has 4 rings (SSSR count). The second-order valence-corrected chi connectivity index (χ2v) is 8.07. The number of hydrogen-bond acceptors (Lipinski definition) is 5. The molecule has 0 unspecified atom stereocenters. The number of nitrogens with one attached hydrogen (secondary N) is 1. The average Bonchev–Trinajstić information content (AvgIpc) is 3.33. The summed E-state index contributed by atoms with van der Waals surface area (Å²) in [6.07, 6.45) is 0.183. The first-order valence-corrected chi connectivity index (χ1v) is 10.4. The van der Waals surface area contributed by atoms with Crippen LogP contribution in [0.5, 0.6) is 0 Å². The summed E-state index contributed by atoms with van der Waals surface area (Å²) in [6.45, 7) is 1.22. The lowest BCUT2D eigenvalue weighted by Gasteiger charge is -2.24. The lowest BCUT2D eigenvalue weighted by Crippen LogP contribution is -2.46. The molecule has 168 valence electrons. The molecule has 3 N–H and O–H groups in total. The molecule has 0 spiro atoms. The van der Waals surface area contributed by atoms with Gasteiger partial charge in [-0.15, -0.1) is 0 Å². The van der Waals surface area contributed by atoms with Crippen LogP contribution in [0.2, 0.25) is 5.02 Å². The Hall–Kier alpha value is -3.27. The van der Waals surface area contributed by atoms with Gasteiger partial charge in [0.25, 0.3) is 0 Å². The summed E-state index contributed by atoms with van der Waals surface area (Å²) in [7, 11) is 0. The van der Waals surface area contributed by atoms with Gasteiger partial charge in [0, 0.05) is 24.7 Å². The largest absolute Gasteiger partial charge is 0.383 e. The highest BCUT2D eigenvalue weighted by atomic mass is 35.5. The lowest BCUT2D eigenvalue weighted by molar-refractivity contribution is -0.139. The highest BCUT2D eigenvalue weighted by molar-refractivity contribution is 6.30. The minimum absolute atomic E-state index is 0.0585. The van der Waals surface area contributed by atoms with Crippen molar-refractivity contribution < 1.29 is 18.4 Å². The van der Waals surface area contributed by atoms with Crippen LogP contribution in [0.15, 0.2) is 30.5 Å². The summed E-state index contributed by atoms with van der Waals surface area (Å²) >= 11 is 5.76. The molecule has 32 heavy (non-hydrogen) atoms. The third-order valence-corrected chi connectivity index (χ3v) is 5.72. The molecule has 1 saturated heterocycles. The van der Waals surface area contributed by atoms with Crippen molar-refractivity contribution in [1.29, 1.82) is 0 Å². The van der Waals surface area contributed by atoms with Crippen molar-refractivity contribution in [2.75, 3.05) is 12.3 Å². The Morgan fingerprint density at radius 2 is 2.09 bits per heavy atom. The highest BCUT2D eigenvalue weighted by Gasteiger charge is 2.39. The van der Waals surface area contributed by atoms with Crippen LogP contribution >= 0.6 is 11.6 Å². The summed E-state index contributed by atoms with van der Waals surface area (Å²) in [6, 6.07) is 5.16. The zero-order valence-electron chi connectivity index (χ0n) is 17.2. The van der Waals surface area contributed by atoms with Crippen molar-refractivity contribution in [3.8, 4) is 0 Å². The van der Waals surface area contributed by atoms with Gasteiger partial charge >= 0.3 is 0 Å². The van der Waals surface area contributed by atoms with Crippen molar-refractivity contribution in [2.24, 2.45) is 0 Å². The number of rotatable bonds is 5. The van der Waals surface area contributed by atoms with Crippen molar-refractivity contribution >= 4 is 40.3 Å². The van der Waals surface area contributed by atoms with E-state index in [-0.39, 0.29) is 36.6 Å². The van der Waals surface area contributed by atoms with E-state index in [2.05, 4.69) is 15.3 Å². The maximum atomic E-state index is 14.2. The molecule has 0 bridgehead atoms. The number of nitrogen functional groups attached to an aromatic ring is 1. The van der Waals surface area contributed by atoms with E-state index in [9.17, 15) is 18.4 Å². The summed E-state index contributed by atoms with van der Waals surface area (Å²) in [4.78, 5) is 35.3. The first-order chi connectivity index (χ1) is 15.2. The quantitative estimate of drug-likeness (QED) is 0.605. The number of hydrogen-bond donors (Lipinski definition) is 2. The van der Waals surface area contributed by atoms with Gasteiger partial charge in [0.05, 0.1) is 17.0 Å². The number of alkyl halides is 1. The van der Waals surface area contributed by atoms with Gasteiger partial charge < -0.3 is 20.5 Å². The van der Waals surface area contributed by atoms with E-state index in [1.165, 1.54) is 17.0 Å². The molecule has 2 atom stereocenters. The number of likely N-dealkylation sites (tertiary alicyclic amines) is 1. The Bertz CT molecular complexity index is 1200. The zero-order valence-corrected chi connectivity index (χ0v) is 17.9. The van der Waals surface area contributed by atoms with Gasteiger partial charge in [0.1, 0.15) is 41.9 Å². The molecule has 11 heteroatoms. The molecular formula is C21H21ClF2N6O2. The first-order valence-electron chi connectivity index (χ1n) is 9.97. The molecule has 3 aromatic rings. The molecule has 2 aromatic heterocycles. The van der Waals surface area contributed by atoms with Gasteiger partial charge in [0.15, 0.2) is 0 Å². The van der Waals surface area contributed by atoms with Crippen molar-refractivity contribution in [3.63, 3.8) is 0 Å². The van der Waals surface area contributed by atoms with Crippen LogP contribution in [0.3, 0.4) is 0 Å². The Kier molecular flexibility index (Phi) is 5.96. The lowest BCUT2D eigenvalue weighted by atomic mass is 10.1. The number of aryl methyl sites for hydroxylation is 1. The second-order valence-electron chi connectivity index (χ2n) is 7.66. The molecule has 1 aliphatic rings. The number of carbonyl (C=O) groups is 2. The number of fused-ring (bicyclic) bond motifs is 1. The average molecular weight is 463 g/mol. The molecule has 2 amide bonds. The molecule has 1 aromatic carbocycles. The summed E-state index contributed by atoms with van der Waals surface area (Å²) < 4.78 is 29.8. The van der Waals surface area contributed by atoms with Crippen LogP contribution in [-0.2, 0) is 22.7 Å². The molecule has 1 fully saturated rings. The van der Waals surface area contributed by atoms with Crippen LogP contribution in [-0.4, -0.2) is 50.0 Å². The van der Waals surface area contributed by atoms with Gasteiger partial charge in [-0.05, 0) is 19.1 Å². The van der Waals surface area contributed by atoms with E-state index in [1.54, 1.807) is 29.8 Å². The number of carbonyl (C=O) groups excluding carboxylic acids is 2. The van der Waals surface area contributed by atoms with Crippen LogP contribution < -0.4 is 11.1 Å². The Morgan fingerprint density at radius 3 is 2.88 bits per heavy atom. The SMILES string of the molecule is Cc1nc(N)c2ccn(CC(=O)N3C[C@H](F)C[C@@H]3C(=O)NCc3cccc(Cl)c3F)c2n1. The van der Waals surface area contributed by atoms with Crippen molar-refractivity contribution in [3.05, 3.63) is 52.7 Å². The number of halogens is 3. The van der Waals surface area contributed by atoms with Crippen LogP contribution in [0.1, 0.15) is 17.8 Å². The predicted molar refractivity (Wildman–Crippen MR) is 115 cm³/mol. The third-order valence-electron chi connectivity index (χ3n) is 5.42. The Balaban J connectivity index is 1.48. The molecule has 0 aliphatic carbocycles. The number of benzene rings is 1. The highest BCUT2D eigenvalue weighted by Crippen LogP contribution is 2.24. The fourth-order valence-corrected chi connectivity index (χ4v) is 4.05. The number of aromatic nitrogens is 3. The Labute approximate surface area is 187 Å². The van der Waals surface area contributed by atoms with Crippen LogP contribution in [0.25, 0.3) is 11.0 Å². The number of nitrogens with zero attached hydrogens (tertiary/aromatic N) is 4. The van der Waals surface area contributed by atoms with E-state index in [1.807, 2.05) is 0 Å². The Morgan fingerprint density at radius 1 is 1.31 bits per heavy atom. The summed E-state index contributed by atoms with van der Waals surface area (Å²) in [5.41, 5.74) is 6.59. The second kappa shape index (κ2) is 8.70.